The summed E-state index contributed by atoms with van der Waals surface area (Å²) in [5, 5.41) is 12.1. The first-order valence-corrected chi connectivity index (χ1v) is 11.8. The van der Waals surface area contributed by atoms with E-state index in [1.807, 2.05) is 16.8 Å². The van der Waals surface area contributed by atoms with E-state index < -0.39 is 17.7 Å². The molecule has 0 bridgehead atoms. The van der Waals surface area contributed by atoms with Crippen LogP contribution in [0.3, 0.4) is 0 Å². The highest BCUT2D eigenvalue weighted by Gasteiger charge is 2.46. The van der Waals surface area contributed by atoms with Gasteiger partial charge >= 0.3 is 0 Å². The number of nitrogens with zero attached hydrogens (tertiary/aromatic N) is 5. The van der Waals surface area contributed by atoms with Crippen LogP contribution in [0.2, 0.25) is 10.0 Å². The average molecular weight is 510 g/mol. The summed E-state index contributed by atoms with van der Waals surface area (Å²) in [6.45, 7) is 2.65. The maximum Gasteiger partial charge on any atom is 0.295 e. The van der Waals surface area contributed by atoms with Gasteiger partial charge in [0, 0.05) is 31.7 Å². The highest BCUT2D eigenvalue weighted by atomic mass is 35.5. The molecular weight excluding hydrogens is 489 g/mol. The Bertz CT molecular complexity index is 1480. The smallest absolute Gasteiger partial charge is 0.295 e. The number of aliphatic hydroxyl groups is 1. The largest absolute Gasteiger partial charge is 0.505 e. The van der Waals surface area contributed by atoms with Gasteiger partial charge in [0.1, 0.15) is 11.3 Å². The van der Waals surface area contributed by atoms with Gasteiger partial charge in [-0.1, -0.05) is 35.3 Å². The van der Waals surface area contributed by atoms with Gasteiger partial charge in [-0.05, 0) is 43.2 Å². The van der Waals surface area contributed by atoms with Gasteiger partial charge in [0.2, 0.25) is 0 Å². The van der Waals surface area contributed by atoms with Crippen molar-refractivity contribution in [3.05, 3.63) is 93.9 Å². The van der Waals surface area contributed by atoms with E-state index in [1.54, 1.807) is 60.4 Å². The first kappa shape index (κ1) is 23.1. The number of hydrogen-bond donors (Lipinski definition) is 1. The van der Waals surface area contributed by atoms with Crippen LogP contribution in [0.5, 0.6) is 0 Å². The number of likely N-dealkylation sites (tertiary alicyclic amines) is 1. The van der Waals surface area contributed by atoms with Crippen LogP contribution in [0.4, 0.5) is 0 Å². The highest BCUT2D eigenvalue weighted by Crippen LogP contribution is 2.41. The van der Waals surface area contributed by atoms with Gasteiger partial charge in [0.25, 0.3) is 11.7 Å². The monoisotopic (exact) mass is 509 g/mol. The summed E-state index contributed by atoms with van der Waals surface area (Å²) in [4.78, 5) is 36.5. The van der Waals surface area contributed by atoms with Crippen LogP contribution in [0.1, 0.15) is 29.4 Å². The molecule has 0 aliphatic carbocycles. The van der Waals surface area contributed by atoms with Gasteiger partial charge < -0.3 is 14.6 Å². The Morgan fingerprint density at radius 1 is 1.09 bits per heavy atom. The van der Waals surface area contributed by atoms with Gasteiger partial charge in [0.05, 0.1) is 33.7 Å². The standard InChI is InChI=1S/C25H21Cl2N5O3/c1-15-21(31-10-3-2-5-19(31)29-15)23(33)20-22(16-6-7-17(26)18(27)13-16)32(25(35)24(20)34)11-4-9-30-12-8-28-14-30/h2-3,5-8,10,12-14,22,33H,4,9,11H2,1H3/b23-20+. The molecule has 4 aromatic rings. The van der Waals surface area contributed by atoms with Crippen molar-refractivity contribution in [1.29, 1.82) is 0 Å². The minimum atomic E-state index is -0.832. The summed E-state index contributed by atoms with van der Waals surface area (Å²) < 4.78 is 3.59. The number of hydrogen-bond acceptors (Lipinski definition) is 5. The van der Waals surface area contributed by atoms with Gasteiger partial charge in [-0.15, -0.1) is 0 Å². The van der Waals surface area contributed by atoms with Crippen molar-refractivity contribution >= 4 is 46.3 Å². The van der Waals surface area contributed by atoms with Crippen LogP contribution in [0, 0.1) is 6.92 Å². The zero-order valence-corrected chi connectivity index (χ0v) is 20.2. The van der Waals surface area contributed by atoms with E-state index in [2.05, 4.69) is 9.97 Å². The summed E-state index contributed by atoms with van der Waals surface area (Å²) in [7, 11) is 0. The number of amides is 1. The quantitative estimate of drug-likeness (QED) is 0.232. The molecule has 178 valence electrons. The van der Waals surface area contributed by atoms with Crippen LogP contribution in [-0.2, 0) is 16.1 Å². The number of rotatable bonds is 6. The normalized spacial score (nSPS) is 17.6. The minimum Gasteiger partial charge on any atom is -0.505 e. The molecule has 0 saturated carbocycles. The van der Waals surface area contributed by atoms with E-state index >= 15 is 0 Å². The molecule has 1 aliphatic heterocycles. The number of carbonyl (C=O) groups excluding carboxylic acids is 2. The first-order valence-electron chi connectivity index (χ1n) is 11.0. The molecule has 5 rings (SSSR count). The predicted octanol–water partition coefficient (Wildman–Crippen LogP) is 4.66. The summed E-state index contributed by atoms with van der Waals surface area (Å²) in [6, 6.07) is 9.55. The number of halogens is 2. The lowest BCUT2D eigenvalue weighted by Crippen LogP contribution is -2.31. The second-order valence-corrected chi connectivity index (χ2v) is 9.11. The van der Waals surface area contributed by atoms with E-state index in [1.165, 1.54) is 4.90 Å². The van der Waals surface area contributed by atoms with Crippen LogP contribution >= 0.6 is 23.2 Å². The molecule has 1 aliphatic rings. The molecule has 1 atom stereocenters. The zero-order valence-electron chi connectivity index (χ0n) is 18.7. The number of pyridine rings is 1. The molecule has 4 heterocycles. The van der Waals surface area contributed by atoms with E-state index in [0.717, 1.165) is 0 Å². The summed E-state index contributed by atoms with van der Waals surface area (Å²) in [5.74, 6) is -1.72. The molecule has 3 aromatic heterocycles. The number of carbonyl (C=O) groups is 2. The lowest BCUT2D eigenvalue weighted by molar-refractivity contribution is -0.139. The molecule has 10 heteroatoms. The van der Waals surface area contributed by atoms with Crippen LogP contribution in [-0.4, -0.2) is 47.2 Å². The van der Waals surface area contributed by atoms with E-state index in [0.29, 0.717) is 45.6 Å². The molecule has 1 aromatic carbocycles. The number of aliphatic hydroxyl groups excluding tert-OH is 1. The molecule has 1 unspecified atom stereocenters. The van der Waals surface area contributed by atoms with Crippen molar-refractivity contribution in [2.24, 2.45) is 0 Å². The fourth-order valence-electron chi connectivity index (χ4n) is 4.51. The van der Waals surface area contributed by atoms with E-state index in [-0.39, 0.29) is 17.9 Å². The van der Waals surface area contributed by atoms with Gasteiger partial charge in [-0.2, -0.15) is 0 Å². The minimum absolute atomic E-state index is 0.00947. The maximum absolute atomic E-state index is 13.3. The average Bonchev–Trinajstić information content (AvgIpc) is 3.53. The maximum atomic E-state index is 13.3. The third-order valence-corrected chi connectivity index (χ3v) is 6.84. The lowest BCUT2D eigenvalue weighted by atomic mass is 9.96. The Kier molecular flexibility index (Phi) is 6.08. The SMILES string of the molecule is Cc1nc2ccccn2c1/C(O)=C1\C(=O)C(=O)N(CCCn2ccnc2)C1c1ccc(Cl)c(Cl)c1. The Hall–Kier alpha value is -3.62. The third kappa shape index (κ3) is 4.09. The first-order chi connectivity index (χ1) is 16.9. The molecule has 1 amide bonds. The highest BCUT2D eigenvalue weighted by molar-refractivity contribution is 6.46. The Labute approximate surface area is 211 Å². The van der Waals surface area contributed by atoms with Crippen molar-refractivity contribution in [3.8, 4) is 0 Å². The number of aromatic nitrogens is 4. The molecule has 1 fully saturated rings. The van der Waals surface area contributed by atoms with Crippen LogP contribution in [0.15, 0.2) is 66.9 Å². The van der Waals surface area contributed by atoms with Crippen molar-refractivity contribution in [2.45, 2.75) is 25.9 Å². The number of aryl methyl sites for hydroxylation is 2. The number of fused-ring (bicyclic) bond motifs is 1. The molecular formula is C25H21Cl2N5O3. The molecule has 1 N–H and O–H groups in total. The molecule has 8 nitrogen and oxygen atoms in total. The fraction of sp³-hybridized carbons (Fsp3) is 0.200. The van der Waals surface area contributed by atoms with Gasteiger partial charge in [-0.3, -0.25) is 14.0 Å². The number of ketones is 1. The molecule has 0 radical (unpaired) electrons. The van der Waals surface area contributed by atoms with E-state index in [4.69, 9.17) is 23.2 Å². The predicted molar refractivity (Wildman–Crippen MR) is 132 cm³/mol. The molecule has 0 spiro atoms. The van der Waals surface area contributed by atoms with Crippen molar-refractivity contribution in [1.82, 2.24) is 23.8 Å². The third-order valence-electron chi connectivity index (χ3n) is 6.10. The zero-order chi connectivity index (χ0) is 24.7. The topological polar surface area (TPSA) is 92.7 Å². The summed E-state index contributed by atoms with van der Waals surface area (Å²) in [5.41, 5.74) is 2.08. The second kappa shape index (κ2) is 9.20. The second-order valence-electron chi connectivity index (χ2n) is 8.29. The number of imidazole rings is 2. The number of benzene rings is 1. The molecule has 35 heavy (non-hydrogen) atoms. The van der Waals surface area contributed by atoms with Gasteiger partial charge in [0.15, 0.2) is 5.76 Å². The van der Waals surface area contributed by atoms with Crippen LogP contribution in [0.25, 0.3) is 11.4 Å². The van der Waals surface area contributed by atoms with Gasteiger partial charge in [-0.25, -0.2) is 9.97 Å². The van der Waals surface area contributed by atoms with Crippen molar-refractivity contribution in [2.75, 3.05) is 6.54 Å². The Balaban J connectivity index is 1.62. The van der Waals surface area contributed by atoms with Crippen LogP contribution < -0.4 is 0 Å². The summed E-state index contributed by atoms with van der Waals surface area (Å²) >= 11 is 12.4. The summed E-state index contributed by atoms with van der Waals surface area (Å²) in [6.07, 6.45) is 7.53. The van der Waals surface area contributed by atoms with Crippen molar-refractivity contribution in [3.63, 3.8) is 0 Å². The Morgan fingerprint density at radius 3 is 2.66 bits per heavy atom. The fourth-order valence-corrected chi connectivity index (χ4v) is 4.82. The number of Topliss-reactive ketones (excluding diaryl/α,β-unsaturated/α-hetero) is 1. The van der Waals surface area contributed by atoms with Crippen molar-refractivity contribution < 1.29 is 14.7 Å². The lowest BCUT2D eigenvalue weighted by Gasteiger charge is -2.25. The molecule has 1 saturated heterocycles. The Morgan fingerprint density at radius 2 is 1.91 bits per heavy atom. The van der Waals surface area contributed by atoms with E-state index in [9.17, 15) is 14.7 Å².